The van der Waals surface area contributed by atoms with Gasteiger partial charge in [0, 0.05) is 24.5 Å². The number of hydrogen-bond donors (Lipinski definition) is 1. The molecule has 3 aromatic rings. The summed E-state index contributed by atoms with van der Waals surface area (Å²) in [6.45, 7) is 2.08. The third kappa shape index (κ3) is 2.95. The van der Waals surface area contributed by atoms with Crippen LogP contribution >= 0.6 is 11.3 Å². The lowest BCUT2D eigenvalue weighted by Crippen LogP contribution is -2.29. The molecule has 1 aliphatic rings. The van der Waals surface area contributed by atoms with Gasteiger partial charge in [-0.1, -0.05) is 29.5 Å². The molecule has 130 valence electrons. The van der Waals surface area contributed by atoms with Gasteiger partial charge in [0.2, 0.25) is 0 Å². The molecule has 0 saturated heterocycles. The predicted molar refractivity (Wildman–Crippen MR) is 96.9 cm³/mol. The number of fused-ring (bicyclic) bond motifs is 1. The Morgan fingerprint density at radius 2 is 2.00 bits per heavy atom. The summed E-state index contributed by atoms with van der Waals surface area (Å²) in [5, 5.41) is 11.3. The van der Waals surface area contributed by atoms with Crippen LogP contribution in [0.15, 0.2) is 59.0 Å². The summed E-state index contributed by atoms with van der Waals surface area (Å²) in [5.41, 5.74) is 1.99. The van der Waals surface area contributed by atoms with Crippen molar-refractivity contribution in [3.8, 4) is 5.13 Å². The van der Waals surface area contributed by atoms with Crippen molar-refractivity contribution in [2.75, 3.05) is 6.54 Å². The van der Waals surface area contributed by atoms with Crippen molar-refractivity contribution >= 4 is 23.2 Å². The number of carbonyl (C=O) groups excluding carboxylic acids is 2. The minimum absolute atomic E-state index is 0.206. The standard InChI is InChI=1S/C18H15N5O2S/c1-11-15(26-18(20-11)23-8-4-5-9-23)17(25)19-10-14-12-6-2-3-7-13(12)16(24)22-21-14/h2-9,14H,10H2,1H3,(H,19,25). The Balaban J connectivity index is 1.50. The zero-order valence-electron chi connectivity index (χ0n) is 13.9. The molecule has 0 radical (unpaired) electrons. The highest BCUT2D eigenvalue weighted by molar-refractivity contribution is 7.16. The minimum atomic E-state index is -0.370. The summed E-state index contributed by atoms with van der Waals surface area (Å²) < 4.78 is 1.87. The molecule has 0 saturated carbocycles. The van der Waals surface area contributed by atoms with Gasteiger partial charge in [0.05, 0.1) is 5.69 Å². The fourth-order valence-corrected chi connectivity index (χ4v) is 3.76. The number of nitrogens with one attached hydrogen (secondary N) is 1. The van der Waals surface area contributed by atoms with Gasteiger partial charge in [-0.3, -0.25) is 9.59 Å². The van der Waals surface area contributed by atoms with Crippen molar-refractivity contribution in [3.63, 3.8) is 0 Å². The lowest BCUT2D eigenvalue weighted by molar-refractivity contribution is 0.0954. The summed E-state index contributed by atoms with van der Waals surface area (Å²) in [5.74, 6) is -0.555. The van der Waals surface area contributed by atoms with Crippen LogP contribution in [0.1, 0.15) is 37.3 Å². The van der Waals surface area contributed by atoms with Crippen molar-refractivity contribution in [1.82, 2.24) is 14.9 Å². The average Bonchev–Trinajstić information content (AvgIpc) is 3.31. The van der Waals surface area contributed by atoms with Crippen LogP contribution < -0.4 is 5.32 Å². The second kappa shape index (κ2) is 6.64. The molecule has 2 amide bonds. The molecule has 0 bridgehead atoms. The Hall–Kier alpha value is -3.13. The normalized spacial score (nSPS) is 15.7. The Morgan fingerprint density at radius 3 is 2.81 bits per heavy atom. The number of nitrogens with zero attached hydrogens (tertiary/aromatic N) is 4. The van der Waals surface area contributed by atoms with E-state index in [1.807, 2.05) is 48.1 Å². The van der Waals surface area contributed by atoms with Gasteiger partial charge < -0.3 is 9.88 Å². The number of hydrogen-bond acceptors (Lipinski definition) is 5. The molecule has 4 rings (SSSR count). The summed E-state index contributed by atoms with van der Waals surface area (Å²) >= 11 is 1.33. The Morgan fingerprint density at radius 1 is 1.23 bits per heavy atom. The van der Waals surface area contributed by atoms with Crippen molar-refractivity contribution < 1.29 is 9.59 Å². The first-order valence-electron chi connectivity index (χ1n) is 8.06. The highest BCUT2D eigenvalue weighted by Crippen LogP contribution is 2.27. The van der Waals surface area contributed by atoms with Gasteiger partial charge in [0.15, 0.2) is 5.13 Å². The van der Waals surface area contributed by atoms with Gasteiger partial charge in [0.25, 0.3) is 11.8 Å². The molecule has 1 atom stereocenters. The monoisotopic (exact) mass is 365 g/mol. The van der Waals surface area contributed by atoms with Gasteiger partial charge in [0.1, 0.15) is 10.9 Å². The molecule has 7 nitrogen and oxygen atoms in total. The van der Waals surface area contributed by atoms with E-state index in [-0.39, 0.29) is 24.4 Å². The van der Waals surface area contributed by atoms with Crippen LogP contribution in [0, 0.1) is 6.92 Å². The molecule has 1 unspecified atom stereocenters. The topological polar surface area (TPSA) is 88.7 Å². The highest BCUT2D eigenvalue weighted by atomic mass is 32.1. The molecule has 1 aromatic carbocycles. The summed E-state index contributed by atoms with van der Waals surface area (Å²) in [7, 11) is 0. The molecular weight excluding hydrogens is 350 g/mol. The smallest absolute Gasteiger partial charge is 0.295 e. The third-order valence-electron chi connectivity index (χ3n) is 4.11. The second-order valence-electron chi connectivity index (χ2n) is 5.83. The molecule has 0 aliphatic carbocycles. The van der Waals surface area contributed by atoms with Gasteiger partial charge in [-0.25, -0.2) is 4.98 Å². The molecule has 1 N–H and O–H groups in total. The number of thiazole rings is 1. The van der Waals surface area contributed by atoms with Crippen molar-refractivity contribution in [1.29, 1.82) is 0 Å². The van der Waals surface area contributed by atoms with Crippen LogP contribution in [-0.4, -0.2) is 27.9 Å². The first-order chi connectivity index (χ1) is 12.6. The zero-order valence-corrected chi connectivity index (χ0v) is 14.7. The molecule has 2 aromatic heterocycles. The summed E-state index contributed by atoms with van der Waals surface area (Å²) in [6, 6.07) is 10.6. The maximum atomic E-state index is 12.6. The molecule has 0 spiro atoms. The van der Waals surface area contributed by atoms with Gasteiger partial charge in [-0.15, -0.1) is 5.11 Å². The van der Waals surface area contributed by atoms with E-state index >= 15 is 0 Å². The summed E-state index contributed by atoms with van der Waals surface area (Å²) in [4.78, 5) is 29.4. The van der Waals surface area contributed by atoms with E-state index in [0.29, 0.717) is 16.1 Å². The molecule has 0 fully saturated rings. The van der Waals surface area contributed by atoms with Crippen LogP contribution in [-0.2, 0) is 0 Å². The quantitative estimate of drug-likeness (QED) is 0.769. The van der Waals surface area contributed by atoms with Crippen LogP contribution in [0.3, 0.4) is 0 Å². The lowest BCUT2D eigenvalue weighted by atomic mass is 9.99. The predicted octanol–water partition coefficient (Wildman–Crippen LogP) is 3.32. The maximum absolute atomic E-state index is 12.6. The number of benzene rings is 1. The fraction of sp³-hybridized carbons (Fsp3) is 0.167. The largest absolute Gasteiger partial charge is 0.349 e. The van der Waals surface area contributed by atoms with Crippen LogP contribution in [0.25, 0.3) is 5.13 Å². The van der Waals surface area contributed by atoms with Gasteiger partial charge in [-0.2, -0.15) is 5.11 Å². The number of carbonyl (C=O) groups is 2. The van der Waals surface area contributed by atoms with E-state index in [9.17, 15) is 9.59 Å². The molecule has 8 heteroatoms. The minimum Gasteiger partial charge on any atom is -0.349 e. The number of aromatic nitrogens is 2. The van der Waals surface area contributed by atoms with E-state index in [1.165, 1.54) is 11.3 Å². The first-order valence-corrected chi connectivity index (χ1v) is 8.88. The zero-order chi connectivity index (χ0) is 18.1. The Bertz CT molecular complexity index is 1010. The third-order valence-corrected chi connectivity index (χ3v) is 5.28. The van der Waals surface area contributed by atoms with Crippen LogP contribution in [0.2, 0.25) is 0 Å². The number of amides is 2. The average molecular weight is 365 g/mol. The second-order valence-corrected chi connectivity index (χ2v) is 6.81. The van der Waals surface area contributed by atoms with Gasteiger partial charge in [-0.05, 0) is 30.7 Å². The Labute approximate surface area is 153 Å². The van der Waals surface area contributed by atoms with Crippen LogP contribution in [0.4, 0.5) is 0 Å². The number of azo groups is 1. The van der Waals surface area contributed by atoms with Crippen molar-refractivity contribution in [2.45, 2.75) is 13.0 Å². The molecule has 1 aliphatic heterocycles. The molecule has 3 heterocycles. The maximum Gasteiger partial charge on any atom is 0.295 e. The van der Waals surface area contributed by atoms with E-state index in [2.05, 4.69) is 20.5 Å². The fourth-order valence-electron chi connectivity index (χ4n) is 2.81. The first kappa shape index (κ1) is 16.3. The molecular formula is C18H15N5O2S. The van der Waals surface area contributed by atoms with Crippen LogP contribution in [0.5, 0.6) is 0 Å². The highest BCUT2D eigenvalue weighted by Gasteiger charge is 2.24. The lowest BCUT2D eigenvalue weighted by Gasteiger charge is -2.18. The van der Waals surface area contributed by atoms with E-state index in [4.69, 9.17) is 0 Å². The summed E-state index contributed by atoms with van der Waals surface area (Å²) in [6.07, 6.45) is 3.77. The van der Waals surface area contributed by atoms with E-state index in [1.54, 1.807) is 12.1 Å². The molecule has 26 heavy (non-hydrogen) atoms. The Kier molecular flexibility index (Phi) is 4.18. The van der Waals surface area contributed by atoms with E-state index < -0.39 is 0 Å². The van der Waals surface area contributed by atoms with Crippen molar-refractivity contribution in [2.24, 2.45) is 10.2 Å². The van der Waals surface area contributed by atoms with Crippen molar-refractivity contribution in [3.05, 3.63) is 70.5 Å². The number of aryl methyl sites for hydroxylation is 1. The van der Waals surface area contributed by atoms with E-state index in [0.717, 1.165) is 10.7 Å². The number of rotatable bonds is 4. The van der Waals surface area contributed by atoms with Gasteiger partial charge >= 0.3 is 0 Å². The SMILES string of the molecule is Cc1nc(-n2cccc2)sc1C(=O)NCC1N=NC(=O)c2ccccc21.